The molecule has 0 spiro atoms. The van der Waals surface area contributed by atoms with Gasteiger partial charge in [-0.25, -0.2) is 4.79 Å². The van der Waals surface area contributed by atoms with Crippen LogP contribution in [0.4, 0.5) is 4.79 Å². The van der Waals surface area contributed by atoms with Crippen molar-refractivity contribution in [2.24, 2.45) is 0 Å². The summed E-state index contributed by atoms with van der Waals surface area (Å²) in [7, 11) is 0. The maximum atomic E-state index is 12.1. The fraction of sp³-hybridized carbons (Fsp3) is 0.467. The number of hydrogen-bond donors (Lipinski definition) is 0. The van der Waals surface area contributed by atoms with Crippen LogP contribution >= 0.6 is 0 Å². The van der Waals surface area contributed by atoms with E-state index in [1.165, 1.54) is 4.90 Å². The van der Waals surface area contributed by atoms with E-state index in [1.807, 2.05) is 51.1 Å². The zero-order chi connectivity index (χ0) is 14.0. The second-order valence-corrected chi connectivity index (χ2v) is 5.78. The normalized spacial score (nSPS) is 19.6. The van der Waals surface area contributed by atoms with E-state index in [-0.39, 0.29) is 18.4 Å². The molecule has 2 rings (SSSR count). The minimum absolute atomic E-state index is 0.0692. The first-order valence-corrected chi connectivity index (χ1v) is 6.43. The fourth-order valence-corrected chi connectivity index (χ4v) is 2.18. The Morgan fingerprint density at radius 3 is 2.47 bits per heavy atom. The van der Waals surface area contributed by atoms with Gasteiger partial charge in [0.15, 0.2) is 5.78 Å². The van der Waals surface area contributed by atoms with Crippen LogP contribution in [0.5, 0.6) is 0 Å². The number of carbonyl (C=O) groups excluding carboxylic acids is 2. The van der Waals surface area contributed by atoms with E-state index >= 15 is 0 Å². The van der Waals surface area contributed by atoms with Crippen molar-refractivity contribution in [3.05, 3.63) is 35.9 Å². The molecule has 0 aromatic heterocycles. The van der Waals surface area contributed by atoms with Gasteiger partial charge in [-0.2, -0.15) is 0 Å². The van der Waals surface area contributed by atoms with Gasteiger partial charge in [0.05, 0.1) is 12.6 Å². The number of carbonyl (C=O) groups is 2. The summed E-state index contributed by atoms with van der Waals surface area (Å²) in [6.45, 7) is 5.59. The molecule has 1 aromatic carbocycles. The number of rotatable bonds is 1. The van der Waals surface area contributed by atoms with E-state index in [2.05, 4.69) is 0 Å². The highest BCUT2D eigenvalue weighted by Crippen LogP contribution is 2.31. The molecule has 1 amide bonds. The second-order valence-electron chi connectivity index (χ2n) is 5.78. The highest BCUT2D eigenvalue weighted by atomic mass is 16.6. The Morgan fingerprint density at radius 1 is 1.26 bits per heavy atom. The van der Waals surface area contributed by atoms with E-state index < -0.39 is 11.7 Å². The highest BCUT2D eigenvalue weighted by Gasteiger charge is 2.37. The van der Waals surface area contributed by atoms with Gasteiger partial charge in [-0.15, -0.1) is 0 Å². The topological polar surface area (TPSA) is 46.6 Å². The molecular weight excluding hydrogens is 242 g/mol. The average molecular weight is 261 g/mol. The van der Waals surface area contributed by atoms with Crippen LogP contribution in [0.1, 0.15) is 38.8 Å². The fourth-order valence-electron chi connectivity index (χ4n) is 2.18. The Labute approximate surface area is 113 Å². The molecule has 0 saturated carbocycles. The molecule has 4 nitrogen and oxygen atoms in total. The first-order chi connectivity index (χ1) is 8.87. The molecule has 1 unspecified atom stereocenters. The molecular formula is C15H19NO3. The van der Waals surface area contributed by atoms with Crippen molar-refractivity contribution in [1.29, 1.82) is 0 Å². The lowest BCUT2D eigenvalue weighted by Crippen LogP contribution is -2.36. The number of hydrogen-bond acceptors (Lipinski definition) is 3. The molecule has 1 aromatic rings. The molecule has 1 aliphatic heterocycles. The third-order valence-electron chi connectivity index (χ3n) is 2.96. The van der Waals surface area contributed by atoms with Crippen molar-refractivity contribution < 1.29 is 14.3 Å². The number of likely N-dealkylation sites (tertiary alicyclic amines) is 1. The standard InChI is InChI=1S/C15H19NO3/c1-15(2,3)19-14(18)16-10-12(17)9-13(16)11-7-5-4-6-8-11/h4-8,13H,9-10H2,1-3H3. The Bertz CT molecular complexity index is 476. The van der Waals surface area contributed by atoms with Gasteiger partial charge in [0.2, 0.25) is 0 Å². The first-order valence-electron chi connectivity index (χ1n) is 6.43. The lowest BCUT2D eigenvalue weighted by molar-refractivity contribution is -0.117. The van der Waals surface area contributed by atoms with Gasteiger partial charge in [-0.05, 0) is 26.3 Å². The Balaban J connectivity index is 2.19. The molecule has 1 fully saturated rings. The van der Waals surface area contributed by atoms with E-state index in [0.29, 0.717) is 6.42 Å². The Hall–Kier alpha value is -1.84. The molecule has 4 heteroatoms. The van der Waals surface area contributed by atoms with Gasteiger partial charge >= 0.3 is 6.09 Å². The minimum Gasteiger partial charge on any atom is -0.444 e. The van der Waals surface area contributed by atoms with Gasteiger partial charge in [-0.1, -0.05) is 30.3 Å². The monoisotopic (exact) mass is 261 g/mol. The number of ketones is 1. The maximum absolute atomic E-state index is 12.1. The Morgan fingerprint density at radius 2 is 1.89 bits per heavy atom. The van der Waals surface area contributed by atoms with Crippen molar-refractivity contribution in [3.8, 4) is 0 Å². The van der Waals surface area contributed by atoms with Crippen molar-refractivity contribution in [2.75, 3.05) is 6.54 Å². The number of ether oxygens (including phenoxy) is 1. The van der Waals surface area contributed by atoms with Crippen LogP contribution in [-0.4, -0.2) is 28.9 Å². The number of Topliss-reactive ketones (excluding diaryl/α,β-unsaturated/α-hetero) is 1. The minimum atomic E-state index is -0.552. The van der Waals surface area contributed by atoms with Gasteiger partial charge in [0.1, 0.15) is 5.60 Å². The van der Waals surface area contributed by atoms with Crippen LogP contribution in [0.25, 0.3) is 0 Å². The predicted octanol–water partition coefficient (Wildman–Crippen LogP) is 2.94. The van der Waals surface area contributed by atoms with Gasteiger partial charge < -0.3 is 4.74 Å². The van der Waals surface area contributed by atoms with Crippen LogP contribution in [0.15, 0.2) is 30.3 Å². The van der Waals surface area contributed by atoms with Crippen molar-refractivity contribution in [3.63, 3.8) is 0 Å². The lowest BCUT2D eigenvalue weighted by Gasteiger charge is -2.28. The number of nitrogens with zero attached hydrogens (tertiary/aromatic N) is 1. The van der Waals surface area contributed by atoms with Crippen molar-refractivity contribution in [1.82, 2.24) is 4.90 Å². The summed E-state index contributed by atoms with van der Waals surface area (Å²) in [5.41, 5.74) is 0.420. The van der Waals surface area contributed by atoms with E-state index in [4.69, 9.17) is 4.74 Å². The maximum Gasteiger partial charge on any atom is 0.411 e. The zero-order valence-corrected chi connectivity index (χ0v) is 11.6. The SMILES string of the molecule is CC(C)(C)OC(=O)N1CC(=O)CC1c1ccccc1. The molecule has 102 valence electrons. The Kier molecular flexibility index (Phi) is 3.60. The van der Waals surface area contributed by atoms with Crippen molar-refractivity contribution >= 4 is 11.9 Å². The van der Waals surface area contributed by atoms with Crippen LogP contribution in [0, 0.1) is 0 Å². The number of amides is 1. The second kappa shape index (κ2) is 5.03. The third kappa shape index (κ3) is 3.34. The molecule has 1 atom stereocenters. The molecule has 0 radical (unpaired) electrons. The zero-order valence-electron chi connectivity index (χ0n) is 11.6. The quantitative estimate of drug-likeness (QED) is 0.780. The van der Waals surface area contributed by atoms with Crippen LogP contribution < -0.4 is 0 Å². The van der Waals surface area contributed by atoms with Crippen molar-refractivity contribution in [2.45, 2.75) is 38.8 Å². The summed E-state index contributed by atoms with van der Waals surface area (Å²) >= 11 is 0. The molecule has 1 heterocycles. The largest absolute Gasteiger partial charge is 0.444 e. The van der Waals surface area contributed by atoms with Gasteiger partial charge in [0, 0.05) is 6.42 Å². The number of benzene rings is 1. The lowest BCUT2D eigenvalue weighted by atomic mass is 10.0. The highest BCUT2D eigenvalue weighted by molar-refractivity contribution is 5.88. The van der Waals surface area contributed by atoms with Crippen LogP contribution in [-0.2, 0) is 9.53 Å². The van der Waals surface area contributed by atoms with E-state index in [9.17, 15) is 9.59 Å². The summed E-state index contributed by atoms with van der Waals surface area (Å²) in [6, 6.07) is 9.39. The summed E-state index contributed by atoms with van der Waals surface area (Å²) in [4.78, 5) is 25.3. The first kappa shape index (κ1) is 13.6. The molecule has 0 N–H and O–H groups in total. The molecule has 0 aliphatic carbocycles. The summed E-state index contributed by atoms with van der Waals surface area (Å²) in [6.07, 6.45) is -0.0595. The summed E-state index contributed by atoms with van der Waals surface area (Å²) < 4.78 is 5.36. The smallest absolute Gasteiger partial charge is 0.411 e. The molecule has 1 aliphatic rings. The van der Waals surface area contributed by atoms with Gasteiger partial charge in [0.25, 0.3) is 0 Å². The van der Waals surface area contributed by atoms with Crippen LogP contribution in [0.3, 0.4) is 0 Å². The van der Waals surface area contributed by atoms with Crippen LogP contribution in [0.2, 0.25) is 0 Å². The summed E-state index contributed by atoms with van der Waals surface area (Å²) in [5, 5.41) is 0. The molecule has 0 bridgehead atoms. The molecule has 19 heavy (non-hydrogen) atoms. The van der Waals surface area contributed by atoms with E-state index in [1.54, 1.807) is 0 Å². The average Bonchev–Trinajstić information content (AvgIpc) is 2.70. The molecule has 1 saturated heterocycles. The third-order valence-corrected chi connectivity index (χ3v) is 2.96. The van der Waals surface area contributed by atoms with E-state index in [0.717, 1.165) is 5.56 Å². The summed E-state index contributed by atoms with van der Waals surface area (Å²) in [5.74, 6) is 0.0692. The van der Waals surface area contributed by atoms with Gasteiger partial charge in [-0.3, -0.25) is 9.69 Å². The predicted molar refractivity (Wildman–Crippen MR) is 71.7 cm³/mol.